The maximum Gasteiger partial charge on any atom is 0.251 e. The van der Waals surface area contributed by atoms with Gasteiger partial charge in [-0.1, -0.05) is 0 Å². The monoisotopic (exact) mass is 376 g/mol. The normalized spacial score (nSPS) is 31.2. The molecule has 0 aromatic heterocycles. The Bertz CT molecular complexity index is 750. The highest BCUT2D eigenvalue weighted by molar-refractivity contribution is 5.94. The lowest BCUT2D eigenvalue weighted by molar-refractivity contribution is -0.135. The van der Waals surface area contributed by atoms with Crippen molar-refractivity contribution in [2.75, 3.05) is 33.4 Å². The first kappa shape index (κ1) is 18.4. The van der Waals surface area contributed by atoms with Gasteiger partial charge in [0.15, 0.2) is 0 Å². The Labute approximate surface area is 158 Å². The van der Waals surface area contributed by atoms with Gasteiger partial charge in [-0.15, -0.1) is 0 Å². The number of nitrogens with zero attached hydrogens (tertiary/aromatic N) is 1. The molecule has 7 heteroatoms. The van der Waals surface area contributed by atoms with Crippen molar-refractivity contribution in [3.05, 3.63) is 35.1 Å². The topological polar surface area (TPSA) is 67.9 Å². The maximum absolute atomic E-state index is 13.6. The third-order valence-electron chi connectivity index (χ3n) is 6.21. The highest BCUT2D eigenvalue weighted by Gasteiger charge is 2.63. The molecule has 146 valence electrons. The summed E-state index contributed by atoms with van der Waals surface area (Å²) < 4.78 is 24.8. The van der Waals surface area contributed by atoms with E-state index in [1.54, 1.807) is 13.0 Å². The summed E-state index contributed by atoms with van der Waals surface area (Å²) in [6.07, 6.45) is 2.01. The minimum atomic E-state index is -0.412. The number of hydrogen-bond acceptors (Lipinski definition) is 4. The number of rotatable bonds is 5. The van der Waals surface area contributed by atoms with Crippen molar-refractivity contribution in [1.82, 2.24) is 10.2 Å². The first-order chi connectivity index (χ1) is 12.9. The molecule has 2 amide bonds. The third-order valence-corrected chi connectivity index (χ3v) is 6.21. The van der Waals surface area contributed by atoms with Gasteiger partial charge in [0.2, 0.25) is 5.91 Å². The largest absolute Gasteiger partial charge is 0.375 e. The number of halogens is 1. The van der Waals surface area contributed by atoms with Crippen molar-refractivity contribution >= 4 is 11.8 Å². The predicted octanol–water partition coefficient (Wildman–Crippen LogP) is 1.52. The summed E-state index contributed by atoms with van der Waals surface area (Å²) in [7, 11) is 1.52. The van der Waals surface area contributed by atoms with Gasteiger partial charge in [-0.05, 0) is 43.5 Å². The average molecular weight is 376 g/mol. The van der Waals surface area contributed by atoms with E-state index in [1.165, 1.54) is 19.2 Å². The first-order valence-electron chi connectivity index (χ1n) is 9.42. The molecule has 3 aliphatic rings. The molecule has 4 rings (SSSR count). The number of fused-ring (bicyclic) bond motifs is 1. The van der Waals surface area contributed by atoms with Crippen molar-refractivity contribution in [1.29, 1.82) is 0 Å². The van der Waals surface area contributed by atoms with Gasteiger partial charge in [-0.3, -0.25) is 9.59 Å². The van der Waals surface area contributed by atoms with Crippen LogP contribution in [0.15, 0.2) is 18.2 Å². The number of nitrogens with one attached hydrogen (secondary N) is 1. The summed E-state index contributed by atoms with van der Waals surface area (Å²) in [5, 5.41) is 2.94. The van der Waals surface area contributed by atoms with Crippen LogP contribution in [0.1, 0.15) is 28.8 Å². The molecule has 3 heterocycles. The Morgan fingerprint density at radius 1 is 1.41 bits per heavy atom. The van der Waals surface area contributed by atoms with Crippen molar-refractivity contribution < 1.29 is 23.5 Å². The van der Waals surface area contributed by atoms with Crippen molar-refractivity contribution in [2.45, 2.75) is 31.5 Å². The highest BCUT2D eigenvalue weighted by atomic mass is 19.1. The Morgan fingerprint density at radius 3 is 2.96 bits per heavy atom. The van der Waals surface area contributed by atoms with Crippen LogP contribution in [0.2, 0.25) is 0 Å². The molecule has 1 aromatic rings. The van der Waals surface area contributed by atoms with Crippen LogP contribution in [0.4, 0.5) is 4.39 Å². The second kappa shape index (κ2) is 6.87. The van der Waals surface area contributed by atoms with Gasteiger partial charge >= 0.3 is 0 Å². The molecule has 3 fully saturated rings. The number of amides is 2. The van der Waals surface area contributed by atoms with Crippen LogP contribution in [-0.4, -0.2) is 61.8 Å². The van der Waals surface area contributed by atoms with Crippen LogP contribution in [0.3, 0.4) is 0 Å². The molecule has 0 saturated carbocycles. The number of likely N-dealkylation sites (tertiary alicyclic amines) is 1. The zero-order chi connectivity index (χ0) is 19.2. The van der Waals surface area contributed by atoms with Crippen molar-refractivity contribution in [3.8, 4) is 0 Å². The zero-order valence-corrected chi connectivity index (χ0v) is 15.7. The molecular weight excluding hydrogens is 351 g/mol. The minimum absolute atomic E-state index is 0.0219. The molecule has 2 bridgehead atoms. The van der Waals surface area contributed by atoms with Gasteiger partial charge in [0.25, 0.3) is 5.91 Å². The van der Waals surface area contributed by atoms with E-state index in [0.717, 1.165) is 12.8 Å². The second-order valence-electron chi connectivity index (χ2n) is 7.96. The summed E-state index contributed by atoms with van der Waals surface area (Å²) in [5.74, 6) is -0.333. The van der Waals surface area contributed by atoms with E-state index in [0.29, 0.717) is 30.8 Å². The van der Waals surface area contributed by atoms with E-state index >= 15 is 0 Å². The van der Waals surface area contributed by atoms with Gasteiger partial charge in [0.05, 0.1) is 18.2 Å². The van der Waals surface area contributed by atoms with Crippen LogP contribution in [0.25, 0.3) is 0 Å². The van der Waals surface area contributed by atoms with Crippen molar-refractivity contribution in [2.24, 2.45) is 11.8 Å². The fourth-order valence-electron chi connectivity index (χ4n) is 5.05. The molecule has 0 aliphatic carbocycles. The predicted molar refractivity (Wildman–Crippen MR) is 95.7 cm³/mol. The molecule has 27 heavy (non-hydrogen) atoms. The van der Waals surface area contributed by atoms with Crippen molar-refractivity contribution in [3.63, 3.8) is 0 Å². The molecule has 3 aliphatic heterocycles. The van der Waals surface area contributed by atoms with Gasteiger partial charge in [-0.25, -0.2) is 4.39 Å². The lowest BCUT2D eigenvalue weighted by Crippen LogP contribution is -2.41. The van der Waals surface area contributed by atoms with Crippen LogP contribution >= 0.6 is 0 Å². The summed E-state index contributed by atoms with van der Waals surface area (Å²) in [6.45, 7) is 3.55. The third kappa shape index (κ3) is 3.23. The summed E-state index contributed by atoms with van der Waals surface area (Å²) in [5.41, 5.74) is 0.763. The fraction of sp³-hybridized carbons (Fsp3) is 0.600. The number of carbonyl (C=O) groups is 2. The van der Waals surface area contributed by atoms with E-state index < -0.39 is 5.82 Å². The van der Waals surface area contributed by atoms with E-state index in [1.807, 2.05) is 4.90 Å². The Kier molecular flexibility index (Phi) is 4.68. The smallest absolute Gasteiger partial charge is 0.251 e. The Hall–Kier alpha value is -1.99. The number of carbonyl (C=O) groups excluding carboxylic acids is 2. The quantitative estimate of drug-likeness (QED) is 0.846. The SMILES string of the molecule is COCC(=O)N1C[C@@H]2[C@H](CNC(=O)c3cc(C)cc(F)c3)[C@H]3CC[C@]2(C1)O3. The van der Waals surface area contributed by atoms with Gasteiger partial charge in [-0.2, -0.15) is 0 Å². The zero-order valence-electron chi connectivity index (χ0n) is 15.7. The number of benzene rings is 1. The maximum atomic E-state index is 13.6. The second-order valence-corrected chi connectivity index (χ2v) is 7.96. The molecule has 0 unspecified atom stereocenters. The lowest BCUT2D eigenvalue weighted by Gasteiger charge is -2.29. The van der Waals surface area contributed by atoms with E-state index in [4.69, 9.17) is 9.47 Å². The van der Waals surface area contributed by atoms with E-state index in [-0.39, 0.29) is 42.0 Å². The van der Waals surface area contributed by atoms with Crippen LogP contribution < -0.4 is 5.32 Å². The number of hydrogen-bond donors (Lipinski definition) is 1. The molecule has 4 atom stereocenters. The van der Waals surface area contributed by atoms with Gasteiger partial charge < -0.3 is 19.7 Å². The molecule has 6 nitrogen and oxygen atoms in total. The molecule has 1 spiro atoms. The van der Waals surface area contributed by atoms with Crippen LogP contribution in [0, 0.1) is 24.6 Å². The molecule has 3 saturated heterocycles. The van der Waals surface area contributed by atoms with Gasteiger partial charge in [0.1, 0.15) is 12.4 Å². The standard InChI is InChI=1S/C20H25FN2O4/c1-12-5-13(7-14(21)6-12)19(25)22-8-15-16-9-23(18(24)10-26-2)11-20(16)4-3-17(15)27-20/h5-7,15-17H,3-4,8-11H2,1-2H3,(H,22,25)/t15-,16+,17+,20+/m0/s1. The molecule has 1 N–H and O–H groups in total. The molecule has 1 aromatic carbocycles. The molecular formula is C20H25FN2O4. The van der Waals surface area contributed by atoms with E-state index in [2.05, 4.69) is 5.32 Å². The molecule has 0 radical (unpaired) electrons. The number of ether oxygens (including phenoxy) is 2. The summed E-state index contributed by atoms with van der Waals surface area (Å²) in [4.78, 5) is 26.5. The van der Waals surface area contributed by atoms with E-state index in [9.17, 15) is 14.0 Å². The summed E-state index contributed by atoms with van der Waals surface area (Å²) in [6, 6.07) is 4.33. The van der Waals surface area contributed by atoms with Gasteiger partial charge in [0, 0.05) is 37.6 Å². The summed E-state index contributed by atoms with van der Waals surface area (Å²) >= 11 is 0. The van der Waals surface area contributed by atoms with Crippen LogP contribution in [0.5, 0.6) is 0 Å². The first-order valence-corrected chi connectivity index (χ1v) is 9.42. The lowest BCUT2D eigenvalue weighted by atomic mass is 9.73. The Balaban J connectivity index is 1.42. The average Bonchev–Trinajstić information content (AvgIpc) is 3.27. The fourth-order valence-corrected chi connectivity index (χ4v) is 5.05. The Morgan fingerprint density at radius 2 is 2.22 bits per heavy atom. The number of methoxy groups -OCH3 is 1. The number of aryl methyl sites for hydroxylation is 1. The highest BCUT2D eigenvalue weighted by Crippen LogP contribution is 2.54. The minimum Gasteiger partial charge on any atom is -0.375 e. The van der Waals surface area contributed by atoms with Crippen LogP contribution in [-0.2, 0) is 14.3 Å².